The number of nitrogen functional groups attached to an aromatic ring is 1. The van der Waals surface area contributed by atoms with Crippen molar-refractivity contribution in [3.05, 3.63) is 166 Å². The van der Waals surface area contributed by atoms with E-state index in [0.717, 1.165) is 57.2 Å². The zero-order valence-corrected chi connectivity index (χ0v) is 77.1. The van der Waals surface area contributed by atoms with Gasteiger partial charge in [0, 0.05) is 197 Å². The standard InChI is InChI=1S/C97H127N17O18/c1-58-15-11-10-12-16-59(2)80(125-7)48-71-23-18-63(6)97(124,132-71)89(119)91(121)114-28-14-13-17-76(114)92(122)129-81(73(98)44-65-20-24-77(115)82(46-65)126-8)49-78(116)60(3)42-62(5)87(88(127-9)86(118)61(4)41-58)131-96(123)105-52-66-50-101-94(102-51-66)112-36-34-110(35-37-112)83(117)27-39-128-40-38-109-30-32-111(33-31-109)95-103-53-70(54-104-95)90(120)113-29-26-67-43-64(19-21-69(67)56-113)45-75-85-72(55-100-57-106-85)84(107-75)68-22-25-79-74(47-68)108-93(99)130-79/h10-12,15-16,19,21-22,25,42-43,47,50-51,53-55,57-58,60-61,63,65,71,73,75-77,80-82,87-88,115,124H,13-14,17-18,20,23-24,26-41,44-46,48-49,52,56,98H2,1-9H3,(H2,99,108)(H,105,123)/b12-10+,15-11+,59-16+,62-42+/t58-,60-,61-,63-,65+,71+,73-,75?,76+,77-,80+,81+,82-,87-,88+,97-/m1/s1. The molecule has 7 N–H and O–H groups in total. The molecule has 35 heteroatoms. The summed E-state index contributed by atoms with van der Waals surface area (Å²) in [7, 11) is 4.43. The fourth-order valence-electron chi connectivity index (χ4n) is 19.4. The Morgan fingerprint density at radius 3 is 2.23 bits per heavy atom. The van der Waals surface area contributed by atoms with E-state index >= 15 is 0 Å². The normalized spacial score (nSPS) is 28.8. The number of esters is 1. The number of hydrogen-bond acceptors (Lipinski definition) is 31. The monoisotopic (exact) mass is 1820 g/mol. The lowest BCUT2D eigenvalue weighted by atomic mass is 9.80. The summed E-state index contributed by atoms with van der Waals surface area (Å²) in [4.78, 5) is 163. The number of aliphatic hydroxyl groups is 2. The van der Waals surface area contributed by atoms with Crippen molar-refractivity contribution in [2.24, 2.45) is 40.3 Å². The Bertz CT molecular complexity index is 5220. The first-order chi connectivity index (χ1) is 63.6. The number of amides is 4. The van der Waals surface area contributed by atoms with Crippen LogP contribution in [0.25, 0.3) is 11.1 Å². The quantitative estimate of drug-likeness (QED) is 0.0196. The number of anilines is 3. The number of aliphatic imine (C=N–C) groups is 1. The van der Waals surface area contributed by atoms with Crippen molar-refractivity contribution in [2.75, 3.05) is 122 Å². The molecule has 8 aliphatic rings. The lowest BCUT2D eigenvalue weighted by Gasteiger charge is -2.42. The van der Waals surface area contributed by atoms with Crippen LogP contribution in [0, 0.1) is 29.6 Å². The number of nitrogens with zero attached hydrogens (tertiary/aromatic N) is 14. The Kier molecular flexibility index (Phi) is 32.8. The molecule has 2 aromatic carbocycles. The summed E-state index contributed by atoms with van der Waals surface area (Å²) in [5, 5.41) is 25.7. The number of oxazole rings is 1. The number of aromatic nitrogens is 7. The second kappa shape index (κ2) is 44.7. The second-order valence-electron chi connectivity index (χ2n) is 36.6. The summed E-state index contributed by atoms with van der Waals surface area (Å²) in [6.07, 6.45) is 19.1. The van der Waals surface area contributed by atoms with Crippen LogP contribution in [-0.4, -0.2) is 285 Å². The maximum Gasteiger partial charge on any atom is 0.408 e. The molecule has 7 aliphatic heterocycles. The number of nitrogens with one attached hydrogen (secondary N) is 1. The number of benzene rings is 2. The zero-order valence-electron chi connectivity index (χ0n) is 77.1. The Balaban J connectivity index is 0.538. The van der Waals surface area contributed by atoms with Gasteiger partial charge in [-0.3, -0.25) is 38.7 Å². The number of ketones is 3. The molecule has 35 nitrogen and oxygen atoms in total. The first-order valence-corrected chi connectivity index (χ1v) is 46.5. The van der Waals surface area contributed by atoms with E-state index in [2.05, 4.69) is 68.2 Å². The molecule has 4 saturated heterocycles. The van der Waals surface area contributed by atoms with Gasteiger partial charge in [-0.1, -0.05) is 82.4 Å². The predicted octanol–water partition coefficient (Wildman–Crippen LogP) is 8.11. The van der Waals surface area contributed by atoms with Crippen molar-refractivity contribution in [1.29, 1.82) is 0 Å². The van der Waals surface area contributed by atoms with Crippen LogP contribution in [0.3, 0.4) is 0 Å². The van der Waals surface area contributed by atoms with Crippen LogP contribution in [-0.2, 0) is 87.9 Å². The van der Waals surface area contributed by atoms with Crippen LogP contribution >= 0.6 is 0 Å². The molecule has 11 heterocycles. The summed E-state index contributed by atoms with van der Waals surface area (Å²) in [5.74, 6) is -8.15. The molecular weight excluding hydrogens is 1690 g/mol. The van der Waals surface area contributed by atoms with Gasteiger partial charge < -0.3 is 89.1 Å². The summed E-state index contributed by atoms with van der Waals surface area (Å²) in [6.45, 7) is 17.8. The smallest absolute Gasteiger partial charge is 0.408 e. The number of carbonyl (C=O) groups is 8. The molecule has 6 aromatic rings. The first kappa shape index (κ1) is 97.0. The third kappa shape index (κ3) is 23.8. The number of piperazine rings is 2. The summed E-state index contributed by atoms with van der Waals surface area (Å²) < 4.78 is 47.7. The lowest BCUT2D eigenvalue weighted by molar-refractivity contribution is -0.265. The van der Waals surface area contributed by atoms with Crippen LogP contribution in [0.5, 0.6) is 0 Å². The molecule has 0 spiro atoms. The van der Waals surface area contributed by atoms with Crippen LogP contribution in [0.1, 0.15) is 180 Å². The molecule has 16 atom stereocenters. The minimum atomic E-state index is -2.51. The van der Waals surface area contributed by atoms with Gasteiger partial charge in [0.15, 0.2) is 23.6 Å². The molecule has 5 fully saturated rings. The van der Waals surface area contributed by atoms with E-state index in [9.17, 15) is 48.6 Å². The molecule has 4 aromatic heterocycles. The van der Waals surface area contributed by atoms with Gasteiger partial charge in [0.1, 0.15) is 29.8 Å². The minimum Gasteiger partial charge on any atom is -0.459 e. The Hall–Kier alpha value is -11.0. The number of cyclic esters (lactones) is 1. The van der Waals surface area contributed by atoms with E-state index in [4.69, 9.17) is 54.0 Å². The predicted molar refractivity (Wildman–Crippen MR) is 489 cm³/mol. The van der Waals surface area contributed by atoms with Gasteiger partial charge in [-0.05, 0) is 142 Å². The highest BCUT2D eigenvalue weighted by atomic mass is 16.6. The molecule has 2 bridgehead atoms. The number of carbonyl (C=O) groups excluding carboxylic acids is 8. The fraction of sp³-hybridized carbons (Fsp3) is 0.567. The lowest BCUT2D eigenvalue weighted by Crippen LogP contribution is -2.61. The van der Waals surface area contributed by atoms with Crippen molar-refractivity contribution in [3.8, 4) is 0 Å². The summed E-state index contributed by atoms with van der Waals surface area (Å²) >= 11 is 0. The number of ether oxygens (including phenoxy) is 7. The van der Waals surface area contributed by atoms with Crippen molar-refractivity contribution >= 4 is 81.9 Å². The fourth-order valence-corrected chi connectivity index (χ4v) is 19.4. The molecule has 14 rings (SSSR count). The van der Waals surface area contributed by atoms with Gasteiger partial charge in [-0.25, -0.2) is 39.5 Å². The van der Waals surface area contributed by atoms with E-state index in [-0.39, 0.29) is 86.9 Å². The Morgan fingerprint density at radius 2 is 1.48 bits per heavy atom. The van der Waals surface area contributed by atoms with E-state index in [1.54, 1.807) is 72.0 Å². The highest BCUT2D eigenvalue weighted by molar-refractivity contribution is 6.39. The van der Waals surface area contributed by atoms with Crippen molar-refractivity contribution < 1.29 is 86.1 Å². The SMILES string of the molecule is CO[C@H]1C[C@@H]2CC[C@@H](C)[C@@](O)(O2)C(=O)C(=O)N2CCCC[C@H]2C(=O)O[C@H]([C@H](N)C[C@@H]2CC[C@@H](O)[C@H](OC)C2)CC(=O)[C@H](C)/C=C(\C)[C@@H](OC(=O)NCc2cnc(N3CCN(C(=O)CCOCCN4CCN(c5ncc(C(=O)N6CCc7cc(CC8N=C(c9ccc%10oc(N)nc%10c9)c9cncnc98)ccc7C6)cn5)CC4)CC3)nc2)[C@@H](OC)C(=O)[C@H](C)C[C@H](C)/C=C/C=C/C=C/1C. The third-order valence-electron chi connectivity index (χ3n) is 27.3. The van der Waals surface area contributed by atoms with E-state index in [1.165, 1.54) is 19.8 Å². The molecule has 0 radical (unpaired) electrons. The van der Waals surface area contributed by atoms with E-state index in [0.29, 0.717) is 169 Å². The molecule has 4 amide bonds. The number of fused-ring (bicyclic) bond motifs is 6. The van der Waals surface area contributed by atoms with Crippen molar-refractivity contribution in [1.82, 2.24) is 59.8 Å². The average Bonchev–Trinajstić information content (AvgIpc) is 1.01. The second-order valence-corrected chi connectivity index (χ2v) is 36.6. The third-order valence-corrected chi connectivity index (χ3v) is 27.3. The molecule has 1 unspecified atom stereocenters. The summed E-state index contributed by atoms with van der Waals surface area (Å²) in [6, 6.07) is 9.86. The molecule has 1 aliphatic carbocycles. The van der Waals surface area contributed by atoms with E-state index in [1.807, 2.05) is 83.3 Å². The largest absolute Gasteiger partial charge is 0.459 e. The highest BCUT2D eigenvalue weighted by Gasteiger charge is 2.54. The number of Topliss-reactive ketones (excluding diaryl/α,β-unsaturated/α-hetero) is 3. The topological polar surface area (TPSA) is 441 Å². The number of methoxy groups -OCH3 is 3. The number of nitrogens with two attached hydrogens (primary N) is 2. The van der Waals surface area contributed by atoms with Crippen LogP contribution in [0.15, 0.2) is 131 Å². The number of rotatable bonds is 21. The van der Waals surface area contributed by atoms with Crippen LogP contribution in [0.2, 0.25) is 0 Å². The van der Waals surface area contributed by atoms with E-state index < -0.39 is 114 Å². The van der Waals surface area contributed by atoms with Crippen molar-refractivity contribution in [2.45, 2.75) is 218 Å². The maximum absolute atomic E-state index is 14.8. The van der Waals surface area contributed by atoms with Crippen LogP contribution in [0.4, 0.5) is 22.7 Å². The molecule has 708 valence electrons. The van der Waals surface area contributed by atoms with Crippen molar-refractivity contribution in [3.63, 3.8) is 0 Å². The van der Waals surface area contributed by atoms with Gasteiger partial charge in [0.25, 0.3) is 23.6 Å². The average molecular weight is 1820 g/mol. The van der Waals surface area contributed by atoms with Gasteiger partial charge in [-0.15, -0.1) is 0 Å². The molecule has 1 saturated carbocycles. The van der Waals surface area contributed by atoms with Crippen LogP contribution < -0.4 is 26.6 Å². The number of alkyl carbamates (subject to hydrolysis) is 1. The number of piperidine rings is 1. The summed E-state index contributed by atoms with van der Waals surface area (Å²) in [5.41, 5.74) is 23.1. The highest BCUT2D eigenvalue weighted by Crippen LogP contribution is 2.40. The number of hydrogen-bond donors (Lipinski definition) is 5. The minimum absolute atomic E-state index is 0.00207. The maximum atomic E-state index is 14.8. The number of aliphatic hydroxyl groups excluding tert-OH is 1. The first-order valence-electron chi connectivity index (χ1n) is 46.5. The molecular formula is C97H127N17O18. The Morgan fingerprint density at radius 1 is 0.735 bits per heavy atom. The number of allylic oxidation sites excluding steroid dienone is 6. The van der Waals surface area contributed by atoms with Gasteiger partial charge in [0.2, 0.25) is 23.6 Å². The zero-order chi connectivity index (χ0) is 93.4. The Labute approximate surface area is 770 Å². The molecule has 132 heavy (non-hydrogen) atoms. The van der Waals surface area contributed by atoms with Gasteiger partial charge in [-0.2, -0.15) is 4.98 Å². The van der Waals surface area contributed by atoms with Gasteiger partial charge in [0.05, 0.1) is 67.1 Å². The van der Waals surface area contributed by atoms with Gasteiger partial charge >= 0.3 is 12.1 Å².